The lowest BCUT2D eigenvalue weighted by atomic mass is 10.0. The number of benzene rings is 2. The van der Waals surface area contributed by atoms with Crippen molar-refractivity contribution in [2.24, 2.45) is 0 Å². The largest absolute Gasteiger partial charge is 0.444 e. The van der Waals surface area contributed by atoms with Gasteiger partial charge in [0.25, 0.3) is 0 Å². The van der Waals surface area contributed by atoms with Crippen LogP contribution in [0.3, 0.4) is 0 Å². The van der Waals surface area contributed by atoms with Gasteiger partial charge in [-0.2, -0.15) is 0 Å². The Labute approximate surface area is 175 Å². The zero-order valence-corrected chi connectivity index (χ0v) is 18.0. The van der Waals surface area contributed by atoms with Crippen molar-refractivity contribution in [2.75, 3.05) is 7.05 Å². The van der Waals surface area contributed by atoms with E-state index in [-0.39, 0.29) is 11.9 Å². The molecule has 0 aliphatic heterocycles. The molecule has 0 fully saturated rings. The Balaban J connectivity index is 1.93. The predicted molar refractivity (Wildman–Crippen MR) is 117 cm³/mol. The molecule has 0 spiro atoms. The highest BCUT2D eigenvalue weighted by molar-refractivity contribution is 7.14. The molecule has 0 N–H and O–H groups in total. The van der Waals surface area contributed by atoms with Gasteiger partial charge in [0.1, 0.15) is 5.60 Å². The van der Waals surface area contributed by atoms with Gasteiger partial charge in [-0.15, -0.1) is 11.3 Å². The summed E-state index contributed by atoms with van der Waals surface area (Å²) in [5, 5.41) is 0. The molecule has 3 rings (SSSR count). The molecule has 3 aromatic rings. The van der Waals surface area contributed by atoms with Gasteiger partial charge in [-0.05, 0) is 32.4 Å². The third-order valence-corrected chi connectivity index (χ3v) is 5.33. The molecule has 150 valence electrons. The molecular formula is C24H25NO3S. The maximum atomic E-state index is 13.2. The van der Waals surface area contributed by atoms with E-state index < -0.39 is 5.60 Å². The molecule has 0 saturated heterocycles. The zero-order chi connectivity index (χ0) is 21.0. The van der Waals surface area contributed by atoms with Crippen molar-refractivity contribution in [1.82, 2.24) is 4.90 Å². The van der Waals surface area contributed by atoms with E-state index in [0.29, 0.717) is 17.0 Å². The van der Waals surface area contributed by atoms with Crippen LogP contribution in [0.1, 0.15) is 40.9 Å². The first-order chi connectivity index (χ1) is 13.7. The van der Waals surface area contributed by atoms with Crippen molar-refractivity contribution in [3.05, 3.63) is 82.0 Å². The van der Waals surface area contributed by atoms with Gasteiger partial charge in [0.15, 0.2) is 0 Å². The van der Waals surface area contributed by atoms with Gasteiger partial charge >= 0.3 is 6.09 Å². The Hall–Kier alpha value is -2.92. The second kappa shape index (κ2) is 8.62. The lowest BCUT2D eigenvalue weighted by Crippen LogP contribution is -2.33. The third-order valence-electron chi connectivity index (χ3n) is 4.21. The first-order valence-corrected chi connectivity index (χ1v) is 10.3. The van der Waals surface area contributed by atoms with E-state index >= 15 is 0 Å². The van der Waals surface area contributed by atoms with Crippen molar-refractivity contribution in [2.45, 2.75) is 32.9 Å². The molecule has 5 heteroatoms. The number of thiophene rings is 1. The fourth-order valence-corrected chi connectivity index (χ4v) is 4.07. The minimum atomic E-state index is -0.551. The minimum absolute atomic E-state index is 0.0133. The van der Waals surface area contributed by atoms with E-state index in [0.717, 1.165) is 16.0 Å². The molecule has 0 aliphatic carbocycles. The molecule has 1 amide bonds. The molecule has 0 aliphatic rings. The van der Waals surface area contributed by atoms with Gasteiger partial charge < -0.3 is 9.64 Å². The van der Waals surface area contributed by atoms with Gasteiger partial charge in [-0.3, -0.25) is 4.79 Å². The summed E-state index contributed by atoms with van der Waals surface area (Å²) in [4.78, 5) is 28.6. The molecule has 0 bridgehead atoms. The average molecular weight is 408 g/mol. The molecule has 0 unspecified atom stereocenters. The molecule has 4 nitrogen and oxygen atoms in total. The standard InChI is InChI=1S/C24H25NO3S/c1-24(2,3)28-23(27)25(4)16-19-15-20(17-11-7-5-8-12-17)22(29-19)21(26)18-13-9-6-10-14-18/h5-15H,16H2,1-4H3. The SMILES string of the molecule is CN(Cc1cc(-c2ccccc2)c(C(=O)c2ccccc2)s1)C(=O)OC(C)(C)C. The van der Waals surface area contributed by atoms with Crippen LogP contribution in [-0.2, 0) is 11.3 Å². The average Bonchev–Trinajstić information content (AvgIpc) is 3.11. The fraction of sp³-hybridized carbons (Fsp3) is 0.250. The van der Waals surface area contributed by atoms with Crippen molar-refractivity contribution in [3.63, 3.8) is 0 Å². The second-order valence-corrected chi connectivity index (χ2v) is 8.99. The van der Waals surface area contributed by atoms with Crippen molar-refractivity contribution in [3.8, 4) is 11.1 Å². The summed E-state index contributed by atoms with van der Waals surface area (Å²) in [6, 6.07) is 21.1. The van der Waals surface area contributed by atoms with Crippen LogP contribution in [0.4, 0.5) is 4.79 Å². The van der Waals surface area contributed by atoms with Crippen molar-refractivity contribution >= 4 is 23.2 Å². The Morgan fingerprint density at radius 3 is 2.14 bits per heavy atom. The predicted octanol–water partition coefficient (Wildman–Crippen LogP) is 6.01. The van der Waals surface area contributed by atoms with E-state index in [1.807, 2.05) is 87.5 Å². The lowest BCUT2D eigenvalue weighted by molar-refractivity contribution is 0.0286. The summed E-state index contributed by atoms with van der Waals surface area (Å²) in [7, 11) is 1.70. The normalized spacial score (nSPS) is 11.2. The highest BCUT2D eigenvalue weighted by atomic mass is 32.1. The minimum Gasteiger partial charge on any atom is -0.444 e. The summed E-state index contributed by atoms with van der Waals surface area (Å²) in [5.41, 5.74) is 1.97. The van der Waals surface area contributed by atoms with Crippen molar-refractivity contribution < 1.29 is 14.3 Å². The zero-order valence-electron chi connectivity index (χ0n) is 17.1. The lowest BCUT2D eigenvalue weighted by Gasteiger charge is -2.24. The number of ether oxygens (including phenoxy) is 1. The summed E-state index contributed by atoms with van der Waals surface area (Å²) >= 11 is 1.42. The van der Waals surface area contributed by atoms with Crippen LogP contribution in [0.5, 0.6) is 0 Å². The van der Waals surface area contributed by atoms with E-state index in [1.54, 1.807) is 7.05 Å². The number of nitrogens with zero attached hydrogens (tertiary/aromatic N) is 1. The molecule has 0 radical (unpaired) electrons. The Morgan fingerprint density at radius 2 is 1.55 bits per heavy atom. The van der Waals surface area contributed by atoms with Gasteiger partial charge in [-0.25, -0.2) is 4.79 Å². The molecule has 29 heavy (non-hydrogen) atoms. The quantitative estimate of drug-likeness (QED) is 0.486. The third kappa shape index (κ3) is 5.33. The summed E-state index contributed by atoms with van der Waals surface area (Å²) in [6.45, 7) is 5.90. The smallest absolute Gasteiger partial charge is 0.410 e. The van der Waals surface area contributed by atoms with Gasteiger partial charge in [0.2, 0.25) is 5.78 Å². The van der Waals surface area contributed by atoms with Crippen LogP contribution in [0, 0.1) is 0 Å². The first-order valence-electron chi connectivity index (χ1n) is 9.46. The summed E-state index contributed by atoms with van der Waals surface area (Å²) in [5.74, 6) is -0.0133. The van der Waals surface area contributed by atoms with E-state index in [4.69, 9.17) is 4.74 Å². The summed E-state index contributed by atoms with van der Waals surface area (Å²) in [6.07, 6.45) is -0.386. The monoisotopic (exact) mass is 407 g/mol. The maximum Gasteiger partial charge on any atom is 0.410 e. The molecule has 0 atom stereocenters. The van der Waals surface area contributed by atoms with Crippen molar-refractivity contribution in [1.29, 1.82) is 0 Å². The van der Waals surface area contributed by atoms with E-state index in [1.165, 1.54) is 16.2 Å². The highest BCUT2D eigenvalue weighted by Gasteiger charge is 2.23. The number of hydrogen-bond donors (Lipinski definition) is 0. The fourth-order valence-electron chi connectivity index (χ4n) is 2.88. The Morgan fingerprint density at radius 1 is 0.966 bits per heavy atom. The number of amides is 1. The highest BCUT2D eigenvalue weighted by Crippen LogP contribution is 2.34. The van der Waals surface area contributed by atoms with Crippen LogP contribution in [-0.4, -0.2) is 29.4 Å². The van der Waals surface area contributed by atoms with Gasteiger partial charge in [0.05, 0.1) is 11.4 Å². The second-order valence-electron chi connectivity index (χ2n) is 7.85. The number of hydrogen-bond acceptors (Lipinski definition) is 4. The van der Waals surface area contributed by atoms with Gasteiger partial charge in [-0.1, -0.05) is 60.7 Å². The van der Waals surface area contributed by atoms with E-state index in [2.05, 4.69) is 0 Å². The van der Waals surface area contributed by atoms with Gasteiger partial charge in [0, 0.05) is 23.1 Å². The topological polar surface area (TPSA) is 46.6 Å². The number of rotatable bonds is 5. The molecule has 2 aromatic carbocycles. The molecular weight excluding hydrogens is 382 g/mol. The molecule has 1 aromatic heterocycles. The number of carbonyl (C=O) groups is 2. The molecule has 1 heterocycles. The molecule has 0 saturated carbocycles. The van der Waals surface area contributed by atoms with E-state index in [9.17, 15) is 9.59 Å². The van der Waals surface area contributed by atoms with Crippen LogP contribution >= 0.6 is 11.3 Å². The first kappa shape index (κ1) is 20.8. The summed E-state index contributed by atoms with van der Waals surface area (Å²) < 4.78 is 5.43. The Kier molecular flexibility index (Phi) is 6.18. The van der Waals surface area contributed by atoms with Crippen LogP contribution in [0.2, 0.25) is 0 Å². The number of carbonyl (C=O) groups excluding carboxylic acids is 2. The van der Waals surface area contributed by atoms with Crippen LogP contribution in [0.25, 0.3) is 11.1 Å². The van der Waals surface area contributed by atoms with Crippen LogP contribution < -0.4 is 0 Å². The maximum absolute atomic E-state index is 13.2. The number of ketones is 1. The van der Waals surface area contributed by atoms with Crippen LogP contribution in [0.15, 0.2) is 66.7 Å². The Bertz CT molecular complexity index is 988.